The van der Waals surface area contributed by atoms with Crippen LogP contribution in [0, 0.1) is 0 Å². The van der Waals surface area contributed by atoms with E-state index < -0.39 is 0 Å². The molecular weight excluding hydrogens is 342 g/mol. The van der Waals surface area contributed by atoms with E-state index in [4.69, 9.17) is 5.73 Å². The number of nitrogens with two attached hydrogens (primary N) is 1. The Morgan fingerprint density at radius 2 is 1.81 bits per heavy atom. The zero-order chi connectivity index (χ0) is 18.4. The third kappa shape index (κ3) is 4.56. The Morgan fingerprint density at radius 3 is 2.65 bits per heavy atom. The van der Waals surface area contributed by atoms with E-state index in [0.717, 1.165) is 16.6 Å². The number of nitrogens with one attached hydrogen (secondary N) is 2. The van der Waals surface area contributed by atoms with E-state index in [-0.39, 0.29) is 11.9 Å². The first kappa shape index (κ1) is 18.3. The first-order chi connectivity index (χ1) is 12.7. The van der Waals surface area contributed by atoms with E-state index in [1.807, 2.05) is 48.5 Å². The topological polar surface area (TPSA) is 67.1 Å². The Kier molecular flexibility index (Phi) is 6.15. The number of fused-ring (bicyclic) bond motifs is 1. The first-order valence-corrected chi connectivity index (χ1v) is 9.26. The molecule has 3 rings (SSSR count). The number of rotatable bonds is 7. The lowest BCUT2D eigenvalue weighted by molar-refractivity contribution is 0.0951. The zero-order valence-corrected chi connectivity index (χ0v) is 15.4. The first-order valence-electron chi connectivity index (χ1n) is 8.62. The molecule has 5 heteroatoms. The Balaban J connectivity index is 1.66. The van der Waals surface area contributed by atoms with E-state index in [0.29, 0.717) is 24.4 Å². The number of hydrogen-bond acceptors (Lipinski definition) is 4. The monoisotopic (exact) mass is 365 g/mol. The molecule has 1 atom stereocenters. The van der Waals surface area contributed by atoms with Crippen LogP contribution in [0.4, 0.5) is 5.69 Å². The molecule has 1 amide bonds. The number of anilines is 1. The molecule has 3 aromatic carbocycles. The minimum absolute atomic E-state index is 0.0258. The van der Waals surface area contributed by atoms with Gasteiger partial charge in [-0.2, -0.15) is 12.6 Å². The molecule has 0 aliphatic rings. The van der Waals surface area contributed by atoms with Crippen molar-refractivity contribution < 1.29 is 4.79 Å². The molecule has 0 heterocycles. The smallest absolute Gasteiger partial charge is 0.251 e. The molecule has 0 aliphatic carbocycles. The maximum atomic E-state index is 12.5. The van der Waals surface area contributed by atoms with Crippen molar-refractivity contribution in [3.05, 3.63) is 77.9 Å². The molecular formula is C21H23N3OS. The summed E-state index contributed by atoms with van der Waals surface area (Å²) in [7, 11) is 0. The van der Waals surface area contributed by atoms with E-state index >= 15 is 0 Å². The molecule has 0 saturated carbocycles. The minimum atomic E-state index is -0.0972. The van der Waals surface area contributed by atoms with Crippen molar-refractivity contribution in [1.82, 2.24) is 5.32 Å². The van der Waals surface area contributed by atoms with E-state index in [9.17, 15) is 4.79 Å². The SMILES string of the molecule is N[C@@H](CS)CNc1cccc(C(=O)NCc2cccc3ccccc23)c1. The summed E-state index contributed by atoms with van der Waals surface area (Å²) >= 11 is 4.17. The van der Waals surface area contributed by atoms with Crippen LogP contribution in [0.15, 0.2) is 66.7 Å². The van der Waals surface area contributed by atoms with E-state index in [1.54, 1.807) is 0 Å². The van der Waals surface area contributed by atoms with Crippen LogP contribution in [-0.4, -0.2) is 24.2 Å². The van der Waals surface area contributed by atoms with Gasteiger partial charge in [0.2, 0.25) is 0 Å². The van der Waals surface area contributed by atoms with Crippen molar-refractivity contribution in [3.63, 3.8) is 0 Å². The number of carbonyl (C=O) groups excluding carboxylic acids is 1. The van der Waals surface area contributed by atoms with E-state index in [1.165, 1.54) is 5.39 Å². The largest absolute Gasteiger partial charge is 0.383 e. The number of amides is 1. The number of carbonyl (C=O) groups is 1. The highest BCUT2D eigenvalue weighted by Crippen LogP contribution is 2.18. The lowest BCUT2D eigenvalue weighted by Gasteiger charge is -2.12. The number of benzene rings is 3. The maximum absolute atomic E-state index is 12.5. The number of hydrogen-bond donors (Lipinski definition) is 4. The maximum Gasteiger partial charge on any atom is 0.251 e. The molecule has 0 radical (unpaired) electrons. The van der Waals surface area contributed by atoms with Crippen LogP contribution in [-0.2, 0) is 6.54 Å². The molecule has 4 nitrogen and oxygen atoms in total. The van der Waals surface area contributed by atoms with Crippen molar-refractivity contribution in [2.45, 2.75) is 12.6 Å². The van der Waals surface area contributed by atoms with Gasteiger partial charge in [-0.15, -0.1) is 0 Å². The minimum Gasteiger partial charge on any atom is -0.383 e. The Labute approximate surface area is 159 Å². The highest BCUT2D eigenvalue weighted by Gasteiger charge is 2.08. The zero-order valence-electron chi connectivity index (χ0n) is 14.5. The second-order valence-corrected chi connectivity index (χ2v) is 6.59. The number of thiol groups is 1. The third-order valence-corrected chi connectivity index (χ3v) is 4.72. The van der Waals surface area contributed by atoms with Crippen molar-refractivity contribution in [3.8, 4) is 0 Å². The summed E-state index contributed by atoms with van der Waals surface area (Å²) < 4.78 is 0. The molecule has 0 bridgehead atoms. The predicted molar refractivity (Wildman–Crippen MR) is 112 cm³/mol. The average molecular weight is 366 g/mol. The fraction of sp³-hybridized carbons (Fsp3) is 0.190. The summed E-state index contributed by atoms with van der Waals surface area (Å²) in [5.41, 5.74) is 8.46. The lowest BCUT2D eigenvalue weighted by atomic mass is 10.0. The predicted octanol–water partition coefficient (Wildman–Crippen LogP) is 3.44. The van der Waals surface area contributed by atoms with Gasteiger partial charge >= 0.3 is 0 Å². The van der Waals surface area contributed by atoms with Crippen LogP contribution < -0.4 is 16.4 Å². The lowest BCUT2D eigenvalue weighted by Crippen LogP contribution is -2.30. The van der Waals surface area contributed by atoms with Crippen LogP contribution in [0.5, 0.6) is 0 Å². The Morgan fingerprint density at radius 1 is 1.04 bits per heavy atom. The summed E-state index contributed by atoms with van der Waals surface area (Å²) in [5, 5.41) is 8.57. The second-order valence-electron chi connectivity index (χ2n) is 6.23. The van der Waals surface area contributed by atoms with Gasteiger partial charge in [0.1, 0.15) is 0 Å². The average Bonchev–Trinajstić information content (AvgIpc) is 2.70. The van der Waals surface area contributed by atoms with Gasteiger partial charge in [-0.1, -0.05) is 48.5 Å². The Hall–Kier alpha value is -2.50. The van der Waals surface area contributed by atoms with Crippen LogP contribution >= 0.6 is 12.6 Å². The summed E-state index contributed by atoms with van der Waals surface area (Å²) in [6, 6.07) is 21.7. The molecule has 0 aromatic heterocycles. The molecule has 0 fully saturated rings. The van der Waals surface area contributed by atoms with Gasteiger partial charge in [0, 0.05) is 36.1 Å². The highest BCUT2D eigenvalue weighted by atomic mass is 32.1. The van der Waals surface area contributed by atoms with Crippen LogP contribution in [0.25, 0.3) is 10.8 Å². The molecule has 26 heavy (non-hydrogen) atoms. The van der Waals surface area contributed by atoms with Gasteiger partial charge in [0.15, 0.2) is 0 Å². The molecule has 0 unspecified atom stereocenters. The highest BCUT2D eigenvalue weighted by molar-refractivity contribution is 7.80. The molecule has 0 spiro atoms. The normalized spacial score (nSPS) is 11.9. The van der Waals surface area contributed by atoms with Gasteiger partial charge in [0.05, 0.1) is 0 Å². The molecule has 4 N–H and O–H groups in total. The summed E-state index contributed by atoms with van der Waals surface area (Å²) in [6.07, 6.45) is 0. The quantitative estimate of drug-likeness (QED) is 0.485. The van der Waals surface area contributed by atoms with Gasteiger partial charge < -0.3 is 16.4 Å². The molecule has 3 aromatic rings. The molecule has 0 saturated heterocycles. The summed E-state index contributed by atoms with van der Waals surface area (Å²) in [6.45, 7) is 1.10. The molecule has 0 aliphatic heterocycles. The van der Waals surface area contributed by atoms with Crippen LogP contribution in [0.3, 0.4) is 0 Å². The fourth-order valence-corrected chi connectivity index (χ4v) is 2.94. The van der Waals surface area contributed by atoms with Gasteiger partial charge in [0.25, 0.3) is 5.91 Å². The standard InChI is InChI=1S/C21H23N3OS/c22-18(14-26)13-23-19-9-4-7-16(11-19)21(25)24-12-17-8-3-6-15-5-1-2-10-20(15)17/h1-11,18,23,26H,12-14,22H2,(H,24,25)/t18-/m1/s1. The third-order valence-electron chi connectivity index (χ3n) is 4.25. The Bertz CT molecular complexity index is 892. The summed E-state index contributed by atoms with van der Waals surface area (Å²) in [4.78, 5) is 12.5. The fourth-order valence-electron chi connectivity index (χ4n) is 2.81. The van der Waals surface area contributed by atoms with Gasteiger partial charge in [-0.25, -0.2) is 0 Å². The van der Waals surface area contributed by atoms with Crippen molar-refractivity contribution >= 4 is 35.0 Å². The second kappa shape index (κ2) is 8.74. The van der Waals surface area contributed by atoms with Crippen LogP contribution in [0.2, 0.25) is 0 Å². The van der Waals surface area contributed by atoms with Crippen molar-refractivity contribution in [2.75, 3.05) is 17.6 Å². The molecule has 134 valence electrons. The summed E-state index contributed by atoms with van der Waals surface area (Å²) in [5.74, 6) is 0.512. The van der Waals surface area contributed by atoms with Gasteiger partial charge in [-0.3, -0.25) is 4.79 Å². The van der Waals surface area contributed by atoms with Crippen molar-refractivity contribution in [1.29, 1.82) is 0 Å². The van der Waals surface area contributed by atoms with Crippen molar-refractivity contribution in [2.24, 2.45) is 5.73 Å². The van der Waals surface area contributed by atoms with Crippen LogP contribution in [0.1, 0.15) is 15.9 Å². The van der Waals surface area contributed by atoms with Gasteiger partial charge in [-0.05, 0) is 34.5 Å². The van der Waals surface area contributed by atoms with E-state index in [2.05, 4.69) is 41.5 Å².